The van der Waals surface area contributed by atoms with Gasteiger partial charge in [-0.1, -0.05) is 32.9 Å². The zero-order chi connectivity index (χ0) is 12.3. The Morgan fingerprint density at radius 2 is 2.06 bits per heavy atom. The van der Waals surface area contributed by atoms with Gasteiger partial charge in [-0.15, -0.1) is 0 Å². The lowest BCUT2D eigenvalue weighted by atomic mass is 9.82. The molecule has 0 spiro atoms. The molecule has 1 aromatic carbocycles. The van der Waals surface area contributed by atoms with Crippen LogP contribution in [0.2, 0.25) is 0 Å². The number of aliphatic hydroxyl groups is 1. The van der Waals surface area contributed by atoms with Crippen molar-refractivity contribution in [3.05, 3.63) is 34.1 Å². The third-order valence-corrected chi connectivity index (χ3v) is 4.10. The summed E-state index contributed by atoms with van der Waals surface area (Å²) in [6.07, 6.45) is 1.13. The van der Waals surface area contributed by atoms with Gasteiger partial charge in [-0.2, -0.15) is 0 Å². The first-order chi connectivity index (χ1) is 7.40. The molecule has 1 atom stereocenters. The van der Waals surface area contributed by atoms with Gasteiger partial charge in [-0.05, 0) is 39.9 Å². The Kier molecular flexibility index (Phi) is 4.51. The van der Waals surface area contributed by atoms with E-state index >= 15 is 0 Å². The van der Waals surface area contributed by atoms with Gasteiger partial charge in [-0.25, -0.2) is 4.39 Å². The second-order valence-corrected chi connectivity index (χ2v) is 5.29. The smallest absolute Gasteiger partial charge is 0.137 e. The van der Waals surface area contributed by atoms with Crippen LogP contribution < -0.4 is 0 Å². The largest absolute Gasteiger partial charge is 0.389 e. The molecule has 0 aliphatic carbocycles. The highest BCUT2D eigenvalue weighted by Gasteiger charge is 2.30. The Bertz CT molecular complexity index is 365. The van der Waals surface area contributed by atoms with E-state index in [-0.39, 0.29) is 11.7 Å². The number of halogens is 2. The van der Waals surface area contributed by atoms with E-state index in [0.29, 0.717) is 17.3 Å². The summed E-state index contributed by atoms with van der Waals surface area (Å²) >= 11 is 3.23. The molecule has 0 radical (unpaired) electrons. The topological polar surface area (TPSA) is 20.2 Å². The van der Waals surface area contributed by atoms with Crippen molar-refractivity contribution in [2.45, 2.75) is 39.2 Å². The summed E-state index contributed by atoms with van der Waals surface area (Å²) in [5, 5.41) is 10.4. The van der Waals surface area contributed by atoms with E-state index in [1.165, 1.54) is 6.07 Å². The molecule has 1 nitrogen and oxygen atoms in total. The van der Waals surface area contributed by atoms with E-state index in [2.05, 4.69) is 15.9 Å². The number of hydrogen-bond acceptors (Lipinski definition) is 1. The Morgan fingerprint density at radius 1 is 1.44 bits per heavy atom. The van der Waals surface area contributed by atoms with E-state index in [1.54, 1.807) is 6.07 Å². The highest BCUT2D eigenvalue weighted by Crippen LogP contribution is 2.30. The van der Waals surface area contributed by atoms with Gasteiger partial charge in [0.15, 0.2) is 0 Å². The second-order valence-electron chi connectivity index (χ2n) is 4.50. The summed E-state index contributed by atoms with van der Waals surface area (Å²) in [4.78, 5) is 0. The van der Waals surface area contributed by atoms with E-state index < -0.39 is 5.60 Å². The van der Waals surface area contributed by atoms with Gasteiger partial charge in [-0.3, -0.25) is 0 Å². The molecule has 3 heteroatoms. The van der Waals surface area contributed by atoms with Crippen LogP contribution in [0.3, 0.4) is 0 Å². The van der Waals surface area contributed by atoms with E-state index in [0.717, 1.165) is 5.56 Å². The molecular weight excluding hydrogens is 271 g/mol. The van der Waals surface area contributed by atoms with Crippen LogP contribution in [0.1, 0.15) is 32.8 Å². The van der Waals surface area contributed by atoms with Crippen LogP contribution in [-0.2, 0) is 6.42 Å². The van der Waals surface area contributed by atoms with Crippen LogP contribution in [0.5, 0.6) is 0 Å². The van der Waals surface area contributed by atoms with E-state index in [4.69, 9.17) is 0 Å². The molecule has 0 aromatic heterocycles. The third kappa shape index (κ3) is 2.83. The van der Waals surface area contributed by atoms with Crippen LogP contribution in [0.4, 0.5) is 4.39 Å². The average Bonchev–Trinajstić information content (AvgIpc) is 2.24. The maximum Gasteiger partial charge on any atom is 0.137 e. The minimum atomic E-state index is -0.768. The summed E-state index contributed by atoms with van der Waals surface area (Å²) in [5.41, 5.74) is 0.0501. The van der Waals surface area contributed by atoms with E-state index in [1.807, 2.05) is 26.8 Å². The fraction of sp³-hybridized carbons (Fsp3) is 0.538. The van der Waals surface area contributed by atoms with E-state index in [9.17, 15) is 9.50 Å². The maximum atomic E-state index is 13.3. The van der Waals surface area contributed by atoms with Crippen molar-refractivity contribution in [1.29, 1.82) is 0 Å². The molecule has 0 heterocycles. The maximum absolute atomic E-state index is 13.3. The fourth-order valence-corrected chi connectivity index (χ4v) is 2.16. The predicted molar refractivity (Wildman–Crippen MR) is 67.9 cm³/mol. The lowest BCUT2D eigenvalue weighted by molar-refractivity contribution is -0.00847. The lowest BCUT2D eigenvalue weighted by Crippen LogP contribution is -2.36. The summed E-state index contributed by atoms with van der Waals surface area (Å²) in [6.45, 7) is 5.92. The Morgan fingerprint density at radius 3 is 2.56 bits per heavy atom. The van der Waals surface area contributed by atoms with Gasteiger partial charge in [0.1, 0.15) is 5.82 Å². The molecular formula is C13H18BrFO. The summed E-state index contributed by atoms with van der Waals surface area (Å²) in [5.74, 6) is -0.132. The molecule has 0 aliphatic heterocycles. The van der Waals surface area contributed by atoms with Crippen molar-refractivity contribution in [3.8, 4) is 0 Å². The summed E-state index contributed by atoms with van der Waals surface area (Å²) in [6, 6.07) is 4.93. The first-order valence-corrected chi connectivity index (χ1v) is 6.35. The van der Waals surface area contributed by atoms with Crippen LogP contribution in [-0.4, -0.2) is 10.7 Å². The van der Waals surface area contributed by atoms with Crippen LogP contribution in [0.25, 0.3) is 0 Å². The van der Waals surface area contributed by atoms with Crippen molar-refractivity contribution >= 4 is 15.9 Å². The first-order valence-electron chi connectivity index (χ1n) is 5.56. The van der Waals surface area contributed by atoms with Crippen LogP contribution in [0, 0.1) is 11.7 Å². The molecule has 0 fully saturated rings. The first kappa shape index (κ1) is 13.7. The molecule has 1 unspecified atom stereocenters. The van der Waals surface area contributed by atoms with Gasteiger partial charge in [0.25, 0.3) is 0 Å². The summed E-state index contributed by atoms with van der Waals surface area (Å²) in [7, 11) is 0. The Hall–Kier alpha value is -0.410. The minimum absolute atomic E-state index is 0.146. The minimum Gasteiger partial charge on any atom is -0.389 e. The lowest BCUT2D eigenvalue weighted by Gasteiger charge is -2.31. The molecule has 0 aliphatic rings. The molecule has 0 saturated heterocycles. The van der Waals surface area contributed by atoms with Gasteiger partial charge in [0, 0.05) is 6.42 Å². The van der Waals surface area contributed by atoms with Crippen LogP contribution in [0.15, 0.2) is 22.7 Å². The van der Waals surface area contributed by atoms with Crippen molar-refractivity contribution < 1.29 is 9.50 Å². The number of rotatable bonds is 4. The number of benzene rings is 1. The van der Waals surface area contributed by atoms with Crippen LogP contribution >= 0.6 is 15.9 Å². The van der Waals surface area contributed by atoms with Gasteiger partial charge in [0.05, 0.1) is 10.1 Å². The molecule has 0 bridgehead atoms. The quantitative estimate of drug-likeness (QED) is 0.890. The zero-order valence-electron chi connectivity index (χ0n) is 9.93. The normalized spacial score (nSPS) is 15.2. The van der Waals surface area contributed by atoms with Crippen molar-refractivity contribution in [2.75, 3.05) is 0 Å². The fourth-order valence-electron chi connectivity index (χ4n) is 1.75. The highest BCUT2D eigenvalue weighted by molar-refractivity contribution is 9.10. The molecule has 16 heavy (non-hydrogen) atoms. The summed E-state index contributed by atoms with van der Waals surface area (Å²) < 4.78 is 13.8. The standard InChI is InChI=1S/C13H18BrFO/c1-4-13(16,9(2)3)8-10-6-5-7-11(15)12(10)14/h5-7,9,16H,4,8H2,1-3H3. The Labute approximate surface area is 105 Å². The second kappa shape index (κ2) is 5.28. The van der Waals surface area contributed by atoms with Gasteiger partial charge >= 0.3 is 0 Å². The predicted octanol–water partition coefficient (Wildman–Crippen LogP) is 3.93. The number of hydrogen-bond donors (Lipinski definition) is 1. The molecule has 1 N–H and O–H groups in total. The van der Waals surface area contributed by atoms with Crippen molar-refractivity contribution in [1.82, 2.24) is 0 Å². The van der Waals surface area contributed by atoms with Crippen molar-refractivity contribution in [2.24, 2.45) is 5.92 Å². The monoisotopic (exact) mass is 288 g/mol. The average molecular weight is 289 g/mol. The molecule has 1 rings (SSSR count). The highest BCUT2D eigenvalue weighted by atomic mass is 79.9. The van der Waals surface area contributed by atoms with Crippen molar-refractivity contribution in [3.63, 3.8) is 0 Å². The molecule has 1 aromatic rings. The molecule has 0 saturated carbocycles. The third-order valence-electron chi connectivity index (χ3n) is 3.22. The van der Waals surface area contributed by atoms with Gasteiger partial charge < -0.3 is 5.11 Å². The van der Waals surface area contributed by atoms with Gasteiger partial charge in [0.2, 0.25) is 0 Å². The molecule has 0 amide bonds. The molecule has 90 valence electrons. The SMILES string of the molecule is CCC(O)(Cc1cccc(F)c1Br)C(C)C. The zero-order valence-corrected chi connectivity index (χ0v) is 11.5. The Balaban J connectivity index is 2.99.